The molecule has 17 heavy (non-hydrogen) atoms. The summed E-state index contributed by atoms with van der Waals surface area (Å²) in [4.78, 5) is 11.7. The SMILES string of the molecule is C=CCNC(=O)C(C)NC1C2C3CCC(C3)C12. The molecule has 2 bridgehead atoms. The average Bonchev–Trinajstić information content (AvgIpc) is 2.75. The van der Waals surface area contributed by atoms with Crippen molar-refractivity contribution < 1.29 is 4.79 Å². The van der Waals surface area contributed by atoms with E-state index in [4.69, 9.17) is 0 Å². The Hall–Kier alpha value is -0.830. The van der Waals surface area contributed by atoms with E-state index in [1.807, 2.05) is 6.92 Å². The fourth-order valence-corrected chi connectivity index (χ4v) is 4.24. The molecule has 0 spiro atoms. The van der Waals surface area contributed by atoms with Gasteiger partial charge in [-0.1, -0.05) is 6.08 Å². The Labute approximate surface area is 103 Å². The predicted octanol–water partition coefficient (Wildman–Crippen LogP) is 1.31. The zero-order chi connectivity index (χ0) is 12.0. The van der Waals surface area contributed by atoms with Gasteiger partial charge in [0.1, 0.15) is 0 Å². The predicted molar refractivity (Wildman–Crippen MR) is 67.4 cm³/mol. The van der Waals surface area contributed by atoms with E-state index in [-0.39, 0.29) is 11.9 Å². The largest absolute Gasteiger partial charge is 0.351 e. The van der Waals surface area contributed by atoms with Crippen molar-refractivity contribution in [2.45, 2.75) is 38.3 Å². The van der Waals surface area contributed by atoms with Crippen molar-refractivity contribution in [3.05, 3.63) is 12.7 Å². The Kier molecular flexibility index (Phi) is 2.74. The van der Waals surface area contributed by atoms with E-state index in [0.29, 0.717) is 12.6 Å². The molecule has 0 aromatic heterocycles. The van der Waals surface area contributed by atoms with Crippen molar-refractivity contribution in [1.82, 2.24) is 10.6 Å². The second-order valence-corrected chi connectivity index (χ2v) is 5.94. The second-order valence-electron chi connectivity index (χ2n) is 5.94. The maximum Gasteiger partial charge on any atom is 0.237 e. The molecule has 0 heterocycles. The van der Waals surface area contributed by atoms with Crippen molar-refractivity contribution in [1.29, 1.82) is 0 Å². The van der Waals surface area contributed by atoms with Crippen molar-refractivity contribution in [2.75, 3.05) is 6.54 Å². The zero-order valence-electron chi connectivity index (χ0n) is 10.5. The van der Waals surface area contributed by atoms with Gasteiger partial charge in [0.25, 0.3) is 0 Å². The first-order chi connectivity index (χ1) is 8.22. The summed E-state index contributed by atoms with van der Waals surface area (Å²) < 4.78 is 0. The van der Waals surface area contributed by atoms with Crippen LogP contribution in [0.5, 0.6) is 0 Å². The van der Waals surface area contributed by atoms with Crippen LogP contribution >= 0.6 is 0 Å². The van der Waals surface area contributed by atoms with E-state index in [0.717, 1.165) is 23.7 Å². The molecule has 5 atom stereocenters. The van der Waals surface area contributed by atoms with Gasteiger partial charge in [0.05, 0.1) is 6.04 Å². The maximum absolute atomic E-state index is 11.7. The number of carbonyl (C=O) groups excluding carboxylic acids is 1. The smallest absolute Gasteiger partial charge is 0.237 e. The molecule has 1 amide bonds. The summed E-state index contributed by atoms with van der Waals surface area (Å²) in [7, 11) is 0. The van der Waals surface area contributed by atoms with Gasteiger partial charge in [-0.3, -0.25) is 4.79 Å². The van der Waals surface area contributed by atoms with Crippen molar-refractivity contribution in [2.24, 2.45) is 23.7 Å². The summed E-state index contributed by atoms with van der Waals surface area (Å²) in [5, 5.41) is 6.37. The number of fused-ring (bicyclic) bond motifs is 5. The van der Waals surface area contributed by atoms with Crippen LogP contribution in [0.2, 0.25) is 0 Å². The fraction of sp³-hybridized carbons (Fsp3) is 0.786. The molecule has 0 radical (unpaired) electrons. The van der Waals surface area contributed by atoms with Gasteiger partial charge < -0.3 is 10.6 Å². The van der Waals surface area contributed by atoms with Gasteiger partial charge in [-0.05, 0) is 49.9 Å². The fourth-order valence-electron chi connectivity index (χ4n) is 4.24. The van der Waals surface area contributed by atoms with Crippen LogP contribution in [-0.4, -0.2) is 24.5 Å². The summed E-state index contributed by atoms with van der Waals surface area (Å²) in [5.41, 5.74) is 0. The highest BCUT2D eigenvalue weighted by atomic mass is 16.2. The summed E-state index contributed by atoms with van der Waals surface area (Å²) in [6.07, 6.45) is 6.05. The summed E-state index contributed by atoms with van der Waals surface area (Å²) >= 11 is 0. The third-order valence-electron chi connectivity index (χ3n) is 4.99. The molecule has 0 aromatic carbocycles. The zero-order valence-corrected chi connectivity index (χ0v) is 10.5. The van der Waals surface area contributed by atoms with E-state index in [2.05, 4.69) is 17.2 Å². The van der Waals surface area contributed by atoms with Gasteiger partial charge in [0.2, 0.25) is 5.91 Å². The lowest BCUT2D eigenvalue weighted by Gasteiger charge is -2.16. The molecule has 0 saturated heterocycles. The quantitative estimate of drug-likeness (QED) is 0.704. The number of hydrogen-bond donors (Lipinski definition) is 2. The molecular weight excluding hydrogens is 212 g/mol. The Morgan fingerprint density at radius 3 is 2.65 bits per heavy atom. The van der Waals surface area contributed by atoms with Crippen molar-refractivity contribution in [3.63, 3.8) is 0 Å². The first kappa shape index (κ1) is 11.3. The topological polar surface area (TPSA) is 41.1 Å². The van der Waals surface area contributed by atoms with Gasteiger partial charge in [-0.15, -0.1) is 6.58 Å². The first-order valence-corrected chi connectivity index (χ1v) is 6.87. The lowest BCUT2D eigenvalue weighted by Crippen LogP contribution is -2.44. The van der Waals surface area contributed by atoms with Crippen LogP contribution in [0.1, 0.15) is 26.2 Å². The lowest BCUT2D eigenvalue weighted by molar-refractivity contribution is -0.122. The highest BCUT2D eigenvalue weighted by Gasteiger charge is 2.65. The molecule has 3 aliphatic rings. The first-order valence-electron chi connectivity index (χ1n) is 6.87. The van der Waals surface area contributed by atoms with Crippen LogP contribution in [0.4, 0.5) is 0 Å². The Balaban J connectivity index is 1.49. The second kappa shape index (κ2) is 4.13. The Morgan fingerprint density at radius 1 is 1.41 bits per heavy atom. The van der Waals surface area contributed by atoms with E-state index >= 15 is 0 Å². The van der Waals surface area contributed by atoms with Crippen LogP contribution in [-0.2, 0) is 4.79 Å². The van der Waals surface area contributed by atoms with Crippen LogP contribution < -0.4 is 10.6 Å². The monoisotopic (exact) mass is 234 g/mol. The van der Waals surface area contributed by atoms with Gasteiger partial charge in [-0.2, -0.15) is 0 Å². The van der Waals surface area contributed by atoms with Gasteiger partial charge in [0.15, 0.2) is 0 Å². The molecule has 0 aliphatic heterocycles. The molecule has 3 nitrogen and oxygen atoms in total. The standard InChI is InChI=1S/C14H22N2O/c1-3-6-15-14(17)8(2)16-13-11-9-4-5-10(7-9)12(11)13/h3,8-13,16H,1,4-7H2,2H3,(H,15,17). The molecule has 3 saturated carbocycles. The highest BCUT2D eigenvalue weighted by molar-refractivity contribution is 5.81. The molecular formula is C14H22N2O. The van der Waals surface area contributed by atoms with Gasteiger partial charge in [0, 0.05) is 12.6 Å². The molecule has 3 rings (SSSR count). The minimum Gasteiger partial charge on any atom is -0.351 e. The lowest BCUT2D eigenvalue weighted by atomic mass is 10.0. The van der Waals surface area contributed by atoms with E-state index < -0.39 is 0 Å². The minimum atomic E-state index is -0.0649. The molecule has 3 fully saturated rings. The number of nitrogens with one attached hydrogen (secondary N) is 2. The van der Waals surface area contributed by atoms with E-state index in [1.54, 1.807) is 6.08 Å². The molecule has 0 aromatic rings. The maximum atomic E-state index is 11.7. The summed E-state index contributed by atoms with van der Waals surface area (Å²) in [5.74, 6) is 3.81. The number of amides is 1. The summed E-state index contributed by atoms with van der Waals surface area (Å²) in [6, 6.07) is 0.565. The van der Waals surface area contributed by atoms with Crippen LogP contribution in [0.25, 0.3) is 0 Å². The molecule has 3 aliphatic carbocycles. The molecule has 94 valence electrons. The molecule has 5 unspecified atom stereocenters. The van der Waals surface area contributed by atoms with Gasteiger partial charge in [-0.25, -0.2) is 0 Å². The number of hydrogen-bond acceptors (Lipinski definition) is 2. The third-order valence-corrected chi connectivity index (χ3v) is 4.99. The molecule has 3 heteroatoms. The third kappa shape index (κ3) is 1.81. The number of carbonyl (C=O) groups is 1. The Morgan fingerprint density at radius 2 is 2.06 bits per heavy atom. The van der Waals surface area contributed by atoms with Crippen LogP contribution in [0.3, 0.4) is 0 Å². The highest BCUT2D eigenvalue weighted by Crippen LogP contribution is 2.65. The summed E-state index contributed by atoms with van der Waals surface area (Å²) in [6.45, 7) is 6.13. The normalized spacial score (nSPS) is 43.0. The van der Waals surface area contributed by atoms with Gasteiger partial charge >= 0.3 is 0 Å². The minimum absolute atomic E-state index is 0.0649. The van der Waals surface area contributed by atoms with Crippen molar-refractivity contribution in [3.8, 4) is 0 Å². The molecule has 2 N–H and O–H groups in total. The van der Waals surface area contributed by atoms with Crippen LogP contribution in [0, 0.1) is 23.7 Å². The van der Waals surface area contributed by atoms with Crippen LogP contribution in [0.15, 0.2) is 12.7 Å². The van der Waals surface area contributed by atoms with Crippen molar-refractivity contribution >= 4 is 5.91 Å². The average molecular weight is 234 g/mol. The Bertz CT molecular complexity index is 325. The van der Waals surface area contributed by atoms with E-state index in [1.165, 1.54) is 19.3 Å². The number of rotatable bonds is 5. The van der Waals surface area contributed by atoms with E-state index in [9.17, 15) is 4.79 Å².